The third kappa shape index (κ3) is 1.34. The van der Waals surface area contributed by atoms with Crippen LogP contribution in [0.4, 0.5) is 0 Å². The molecule has 2 rings (SSSR count). The van der Waals surface area contributed by atoms with Gasteiger partial charge in [0.15, 0.2) is 0 Å². The highest BCUT2D eigenvalue weighted by molar-refractivity contribution is 6.01. The van der Waals surface area contributed by atoms with Gasteiger partial charge in [-0.25, -0.2) is 0 Å². The van der Waals surface area contributed by atoms with E-state index in [1.165, 1.54) is 6.21 Å². The van der Waals surface area contributed by atoms with E-state index < -0.39 is 0 Å². The molecule has 78 valence electrons. The number of phenolic OH excluding ortho intramolecular Hbond substituents is 1. The van der Waals surface area contributed by atoms with Gasteiger partial charge in [-0.15, -0.1) is 0 Å². The molecule has 0 amide bonds. The fraction of sp³-hybridized carbons (Fsp3) is 0.182. The predicted molar refractivity (Wildman–Crippen MR) is 58.7 cm³/mol. The summed E-state index contributed by atoms with van der Waals surface area (Å²) in [6, 6.07) is 5.15. The van der Waals surface area contributed by atoms with Crippen LogP contribution in [0.5, 0.6) is 5.75 Å². The molecule has 0 aliphatic rings. The first-order chi connectivity index (χ1) is 7.15. The van der Waals surface area contributed by atoms with Crippen molar-refractivity contribution >= 4 is 17.1 Å². The van der Waals surface area contributed by atoms with Crippen LogP contribution in [0, 0.1) is 6.92 Å². The summed E-state index contributed by atoms with van der Waals surface area (Å²) in [6.07, 6.45) is 1.39. The smallest absolute Gasteiger partial charge is 0.116 e. The highest BCUT2D eigenvalue weighted by atomic mass is 16.4. The molecule has 4 nitrogen and oxygen atoms in total. The number of phenols is 1. The zero-order valence-corrected chi connectivity index (χ0v) is 8.60. The fourth-order valence-electron chi connectivity index (χ4n) is 1.81. The maximum Gasteiger partial charge on any atom is 0.116 e. The molecule has 4 heteroatoms. The molecule has 0 unspecified atom stereocenters. The molecule has 0 radical (unpaired) electrons. The summed E-state index contributed by atoms with van der Waals surface area (Å²) >= 11 is 0. The average Bonchev–Trinajstić information content (AvgIpc) is 2.44. The summed E-state index contributed by atoms with van der Waals surface area (Å²) in [7, 11) is 1.93. The van der Waals surface area contributed by atoms with Crippen LogP contribution < -0.4 is 0 Å². The van der Waals surface area contributed by atoms with Crippen molar-refractivity contribution in [3.63, 3.8) is 0 Å². The van der Waals surface area contributed by atoms with Gasteiger partial charge in [-0.3, -0.25) is 0 Å². The van der Waals surface area contributed by atoms with E-state index in [4.69, 9.17) is 5.21 Å². The van der Waals surface area contributed by atoms with Crippen molar-refractivity contribution in [1.29, 1.82) is 0 Å². The van der Waals surface area contributed by atoms with Crippen LogP contribution in [0.2, 0.25) is 0 Å². The highest BCUT2D eigenvalue weighted by Crippen LogP contribution is 2.26. The lowest BCUT2D eigenvalue weighted by Gasteiger charge is -1.97. The van der Waals surface area contributed by atoms with E-state index in [-0.39, 0.29) is 5.75 Å². The van der Waals surface area contributed by atoms with Crippen molar-refractivity contribution in [1.82, 2.24) is 4.57 Å². The van der Waals surface area contributed by atoms with Gasteiger partial charge in [0.2, 0.25) is 0 Å². The molecule has 0 saturated heterocycles. The number of hydrogen-bond acceptors (Lipinski definition) is 3. The molecule has 1 heterocycles. The van der Waals surface area contributed by atoms with E-state index in [0.717, 1.165) is 22.2 Å². The minimum atomic E-state index is 0.209. The Hall–Kier alpha value is -1.97. The summed E-state index contributed by atoms with van der Waals surface area (Å²) < 4.78 is 1.99. The molecule has 0 saturated carbocycles. The number of benzene rings is 1. The molecule has 0 atom stereocenters. The molecular formula is C11H12N2O2. The Morgan fingerprint density at radius 3 is 2.80 bits per heavy atom. The number of hydrogen-bond donors (Lipinski definition) is 2. The van der Waals surface area contributed by atoms with Gasteiger partial charge in [0.05, 0.1) is 6.21 Å². The molecule has 1 aromatic heterocycles. The van der Waals surface area contributed by atoms with Crippen molar-refractivity contribution in [3.05, 3.63) is 29.5 Å². The van der Waals surface area contributed by atoms with Gasteiger partial charge < -0.3 is 14.9 Å². The monoisotopic (exact) mass is 204 g/mol. The van der Waals surface area contributed by atoms with Gasteiger partial charge >= 0.3 is 0 Å². The second-order valence-electron chi connectivity index (χ2n) is 3.50. The first-order valence-electron chi connectivity index (χ1n) is 4.60. The van der Waals surface area contributed by atoms with Crippen molar-refractivity contribution in [2.45, 2.75) is 6.92 Å². The van der Waals surface area contributed by atoms with E-state index in [1.807, 2.05) is 24.6 Å². The predicted octanol–water partition coefficient (Wildman–Crippen LogP) is 2.00. The number of aromatic nitrogens is 1. The second kappa shape index (κ2) is 3.31. The Balaban J connectivity index is 2.88. The maximum atomic E-state index is 9.41. The maximum absolute atomic E-state index is 9.41. The van der Waals surface area contributed by atoms with Crippen LogP contribution in [0.25, 0.3) is 10.9 Å². The number of rotatable bonds is 1. The molecule has 15 heavy (non-hydrogen) atoms. The Labute approximate surface area is 87.1 Å². The van der Waals surface area contributed by atoms with Crippen LogP contribution in [0.1, 0.15) is 11.3 Å². The van der Waals surface area contributed by atoms with Gasteiger partial charge in [0.1, 0.15) is 5.75 Å². The molecular weight excluding hydrogens is 192 g/mol. The van der Waals surface area contributed by atoms with E-state index in [9.17, 15) is 5.11 Å². The minimum Gasteiger partial charge on any atom is -0.508 e. The first-order valence-corrected chi connectivity index (χ1v) is 4.60. The van der Waals surface area contributed by atoms with Crippen LogP contribution in [0.3, 0.4) is 0 Å². The first kappa shape index (κ1) is 9.58. The molecule has 2 aromatic rings. The van der Waals surface area contributed by atoms with E-state index in [1.54, 1.807) is 12.1 Å². The van der Waals surface area contributed by atoms with E-state index in [2.05, 4.69) is 5.16 Å². The molecule has 0 fully saturated rings. The van der Waals surface area contributed by atoms with Gasteiger partial charge in [0.25, 0.3) is 0 Å². The third-order valence-electron chi connectivity index (χ3n) is 2.71. The van der Waals surface area contributed by atoms with Gasteiger partial charge in [-0.05, 0) is 25.1 Å². The Morgan fingerprint density at radius 1 is 1.40 bits per heavy atom. The Bertz CT molecular complexity index is 541. The molecule has 0 spiro atoms. The average molecular weight is 204 g/mol. The number of aromatic hydroxyl groups is 1. The largest absolute Gasteiger partial charge is 0.508 e. The van der Waals surface area contributed by atoms with Crippen LogP contribution in [-0.4, -0.2) is 21.1 Å². The summed E-state index contributed by atoms with van der Waals surface area (Å²) in [5.74, 6) is 0.209. The normalized spacial score (nSPS) is 11.6. The topological polar surface area (TPSA) is 57.8 Å². The SMILES string of the molecule is Cc1c(C=NO)c2cc(O)ccc2n1C. The highest BCUT2D eigenvalue weighted by Gasteiger charge is 2.10. The zero-order valence-electron chi connectivity index (χ0n) is 8.60. The van der Waals surface area contributed by atoms with Crippen molar-refractivity contribution in [2.75, 3.05) is 0 Å². The fourth-order valence-corrected chi connectivity index (χ4v) is 1.81. The second-order valence-corrected chi connectivity index (χ2v) is 3.50. The number of nitrogens with zero attached hydrogens (tertiary/aromatic N) is 2. The summed E-state index contributed by atoms with van der Waals surface area (Å²) in [4.78, 5) is 0. The molecule has 0 aliphatic carbocycles. The summed E-state index contributed by atoms with van der Waals surface area (Å²) in [6.45, 7) is 1.94. The quantitative estimate of drug-likeness (QED) is 0.424. The van der Waals surface area contributed by atoms with Crippen LogP contribution in [-0.2, 0) is 7.05 Å². The van der Waals surface area contributed by atoms with Crippen molar-refractivity contribution in [3.8, 4) is 5.75 Å². The lowest BCUT2D eigenvalue weighted by Crippen LogP contribution is -1.91. The van der Waals surface area contributed by atoms with Crippen LogP contribution in [0.15, 0.2) is 23.4 Å². The lowest BCUT2D eigenvalue weighted by atomic mass is 10.1. The minimum absolute atomic E-state index is 0.209. The number of oxime groups is 1. The molecule has 1 aromatic carbocycles. The standard InChI is InChI=1S/C11H12N2O2/c1-7-10(6-12-15)9-5-8(14)3-4-11(9)13(7)2/h3-6,14-15H,1-2H3. The molecule has 0 bridgehead atoms. The van der Waals surface area contributed by atoms with Gasteiger partial charge in [0, 0.05) is 29.2 Å². The molecule has 0 aliphatic heterocycles. The van der Waals surface area contributed by atoms with Crippen LogP contribution >= 0.6 is 0 Å². The summed E-state index contributed by atoms with van der Waals surface area (Å²) in [5, 5.41) is 21.9. The van der Waals surface area contributed by atoms with Crippen molar-refractivity contribution in [2.24, 2.45) is 12.2 Å². The number of aryl methyl sites for hydroxylation is 1. The van der Waals surface area contributed by atoms with E-state index >= 15 is 0 Å². The Morgan fingerprint density at radius 2 is 2.13 bits per heavy atom. The van der Waals surface area contributed by atoms with E-state index in [0.29, 0.717) is 0 Å². The van der Waals surface area contributed by atoms with Crippen molar-refractivity contribution < 1.29 is 10.3 Å². The third-order valence-corrected chi connectivity index (χ3v) is 2.71. The zero-order chi connectivity index (χ0) is 11.0. The summed E-state index contributed by atoms with van der Waals surface area (Å²) in [5.41, 5.74) is 2.82. The van der Waals surface area contributed by atoms with Gasteiger partial charge in [-0.1, -0.05) is 5.16 Å². The molecule has 2 N–H and O–H groups in total. The van der Waals surface area contributed by atoms with Gasteiger partial charge in [-0.2, -0.15) is 0 Å². The number of fused-ring (bicyclic) bond motifs is 1. The lowest BCUT2D eigenvalue weighted by molar-refractivity contribution is 0.322. The Kier molecular flexibility index (Phi) is 2.11.